The number of benzene rings is 2. The second-order valence-electron chi connectivity index (χ2n) is 6.75. The summed E-state index contributed by atoms with van der Waals surface area (Å²) >= 11 is 0. The highest BCUT2D eigenvalue weighted by atomic mass is 32.2. The number of hydrogen-bond donors (Lipinski definition) is 1. The van der Waals surface area contributed by atoms with Crippen molar-refractivity contribution in [3.05, 3.63) is 60.7 Å². The van der Waals surface area contributed by atoms with E-state index in [2.05, 4.69) is 9.71 Å². The maximum absolute atomic E-state index is 13.2. The molecule has 1 atom stereocenters. The number of sulfonamides is 1. The van der Waals surface area contributed by atoms with Crippen LogP contribution < -0.4 is 4.72 Å². The van der Waals surface area contributed by atoms with Crippen LogP contribution in [-0.4, -0.2) is 32.5 Å². The largest absolute Gasteiger partial charge is 0.468 e. The topological polar surface area (TPSA) is 98.5 Å². The second-order valence-corrected chi connectivity index (χ2v) is 8.38. The Kier molecular flexibility index (Phi) is 6.14. The summed E-state index contributed by atoms with van der Waals surface area (Å²) in [5, 5.41) is -0.280. The zero-order valence-electron chi connectivity index (χ0n) is 16.3. The first-order chi connectivity index (χ1) is 13.8. The molecule has 0 aliphatic rings. The van der Waals surface area contributed by atoms with Crippen molar-refractivity contribution in [3.63, 3.8) is 0 Å². The van der Waals surface area contributed by atoms with Gasteiger partial charge in [0, 0.05) is 11.1 Å². The molecular weight excluding hydrogens is 392 g/mol. The molecule has 0 spiro atoms. The van der Waals surface area contributed by atoms with Crippen molar-refractivity contribution in [1.82, 2.24) is 9.71 Å². The van der Waals surface area contributed by atoms with Gasteiger partial charge in [-0.15, -0.1) is 0 Å². The summed E-state index contributed by atoms with van der Waals surface area (Å²) in [5.74, 6) is -0.720. The monoisotopic (exact) mass is 414 g/mol. The molecule has 8 heteroatoms. The van der Waals surface area contributed by atoms with E-state index in [1.807, 2.05) is 12.1 Å². The van der Waals surface area contributed by atoms with Crippen molar-refractivity contribution >= 4 is 16.0 Å². The highest BCUT2D eigenvalue weighted by Gasteiger charge is 2.34. The quantitative estimate of drug-likeness (QED) is 0.594. The molecule has 1 unspecified atom stereocenters. The zero-order valence-corrected chi connectivity index (χ0v) is 17.1. The minimum absolute atomic E-state index is 0.101. The predicted octanol–water partition coefficient (Wildman–Crippen LogP) is 3.48. The Hall–Kier alpha value is -2.97. The van der Waals surface area contributed by atoms with Crippen LogP contribution in [0.4, 0.5) is 0 Å². The number of hydrogen-bond acceptors (Lipinski definition) is 6. The van der Waals surface area contributed by atoms with Crippen LogP contribution in [0, 0.1) is 5.92 Å². The van der Waals surface area contributed by atoms with Gasteiger partial charge in [0.05, 0.1) is 7.11 Å². The molecule has 0 bridgehead atoms. The Labute approximate surface area is 169 Å². The van der Waals surface area contributed by atoms with Crippen LogP contribution in [0.3, 0.4) is 0 Å². The van der Waals surface area contributed by atoms with Gasteiger partial charge >= 0.3 is 5.97 Å². The molecule has 1 heterocycles. The summed E-state index contributed by atoms with van der Waals surface area (Å²) in [5.41, 5.74) is 1.20. The number of oxazole rings is 1. The number of methoxy groups -OCH3 is 1. The highest BCUT2D eigenvalue weighted by molar-refractivity contribution is 7.89. The molecule has 152 valence electrons. The van der Waals surface area contributed by atoms with Crippen LogP contribution in [0.15, 0.2) is 70.1 Å². The first-order valence-corrected chi connectivity index (χ1v) is 10.5. The van der Waals surface area contributed by atoms with Crippen molar-refractivity contribution < 1.29 is 22.4 Å². The van der Waals surface area contributed by atoms with Crippen LogP contribution in [-0.2, 0) is 19.6 Å². The van der Waals surface area contributed by atoms with Crippen molar-refractivity contribution in [2.24, 2.45) is 5.92 Å². The standard InChI is InChI=1S/C21H22N2O5S/c1-14(2)17(21(24)27-3)23-29(25,26)20-18(15-10-6-4-7-11-15)28-19(22-20)16-12-8-5-9-13-16/h4-14,17,23H,1-3H3. The zero-order chi connectivity index (χ0) is 21.0. The van der Waals surface area contributed by atoms with E-state index in [9.17, 15) is 13.2 Å². The average Bonchev–Trinajstić information content (AvgIpc) is 3.19. The summed E-state index contributed by atoms with van der Waals surface area (Å²) in [4.78, 5) is 16.3. The lowest BCUT2D eigenvalue weighted by molar-refractivity contribution is -0.143. The van der Waals surface area contributed by atoms with E-state index in [4.69, 9.17) is 9.15 Å². The minimum atomic E-state index is -4.18. The third-order valence-electron chi connectivity index (χ3n) is 4.31. The number of aromatic nitrogens is 1. The molecule has 1 N–H and O–H groups in total. The molecule has 0 radical (unpaired) electrons. The molecule has 0 amide bonds. The van der Waals surface area contributed by atoms with Crippen molar-refractivity contribution in [2.75, 3.05) is 7.11 Å². The Bertz CT molecular complexity index is 1080. The van der Waals surface area contributed by atoms with E-state index in [0.717, 1.165) is 0 Å². The Morgan fingerprint density at radius 1 is 1.00 bits per heavy atom. The minimum Gasteiger partial charge on any atom is -0.468 e. The molecule has 0 saturated carbocycles. The average molecular weight is 414 g/mol. The van der Waals surface area contributed by atoms with E-state index in [1.54, 1.807) is 62.4 Å². The lowest BCUT2D eigenvalue weighted by Gasteiger charge is -2.19. The molecule has 29 heavy (non-hydrogen) atoms. The van der Waals surface area contributed by atoms with Crippen LogP contribution >= 0.6 is 0 Å². The van der Waals surface area contributed by atoms with Gasteiger partial charge in [-0.3, -0.25) is 4.79 Å². The molecule has 7 nitrogen and oxygen atoms in total. The van der Waals surface area contributed by atoms with Crippen molar-refractivity contribution in [1.29, 1.82) is 0 Å². The number of rotatable bonds is 7. The van der Waals surface area contributed by atoms with Crippen LogP contribution in [0.25, 0.3) is 22.8 Å². The molecular formula is C21H22N2O5S. The van der Waals surface area contributed by atoms with Crippen LogP contribution in [0.5, 0.6) is 0 Å². The van der Waals surface area contributed by atoms with E-state index in [-0.39, 0.29) is 22.6 Å². The van der Waals surface area contributed by atoms with Crippen molar-refractivity contribution in [3.8, 4) is 22.8 Å². The summed E-state index contributed by atoms with van der Waals surface area (Å²) in [6.07, 6.45) is 0. The van der Waals surface area contributed by atoms with E-state index in [1.165, 1.54) is 7.11 Å². The molecule has 0 aliphatic carbocycles. The maximum atomic E-state index is 13.2. The number of nitrogens with one attached hydrogen (secondary N) is 1. The first-order valence-electron chi connectivity index (χ1n) is 9.05. The fraction of sp³-hybridized carbons (Fsp3) is 0.238. The van der Waals surface area contributed by atoms with Crippen LogP contribution in [0.2, 0.25) is 0 Å². The first kappa shape index (κ1) is 20.8. The smallest absolute Gasteiger partial charge is 0.324 e. The maximum Gasteiger partial charge on any atom is 0.324 e. The van der Waals surface area contributed by atoms with Gasteiger partial charge in [0.25, 0.3) is 10.0 Å². The van der Waals surface area contributed by atoms with Gasteiger partial charge in [0.2, 0.25) is 10.9 Å². The number of carbonyl (C=O) groups excluding carboxylic acids is 1. The summed E-state index contributed by atoms with van der Waals surface area (Å²) in [7, 11) is -2.97. The van der Waals surface area contributed by atoms with Gasteiger partial charge in [-0.25, -0.2) is 8.42 Å². The molecule has 1 aromatic heterocycles. The lowest BCUT2D eigenvalue weighted by Crippen LogP contribution is -2.45. The van der Waals surface area contributed by atoms with Gasteiger partial charge < -0.3 is 9.15 Å². The number of nitrogens with zero attached hydrogens (tertiary/aromatic N) is 1. The van der Waals surface area contributed by atoms with E-state index < -0.39 is 22.0 Å². The van der Waals surface area contributed by atoms with Gasteiger partial charge in [-0.05, 0) is 18.1 Å². The van der Waals surface area contributed by atoms with E-state index in [0.29, 0.717) is 11.1 Å². The summed E-state index contributed by atoms with van der Waals surface area (Å²) in [6, 6.07) is 16.8. The normalized spacial score (nSPS) is 12.7. The van der Waals surface area contributed by atoms with Gasteiger partial charge in [-0.1, -0.05) is 62.4 Å². The Morgan fingerprint density at radius 2 is 1.55 bits per heavy atom. The fourth-order valence-corrected chi connectivity index (χ4v) is 4.19. The summed E-state index contributed by atoms with van der Waals surface area (Å²) < 4.78 is 39.3. The van der Waals surface area contributed by atoms with Gasteiger partial charge in [0.1, 0.15) is 6.04 Å². The third-order valence-corrected chi connectivity index (χ3v) is 5.66. The number of esters is 1. The molecule has 3 rings (SSSR count). The SMILES string of the molecule is COC(=O)C(NS(=O)(=O)c1nc(-c2ccccc2)oc1-c1ccccc1)C(C)C. The molecule has 0 fully saturated rings. The molecule has 0 saturated heterocycles. The Balaban J connectivity index is 2.11. The third kappa shape index (κ3) is 4.55. The number of ether oxygens (including phenoxy) is 1. The van der Waals surface area contributed by atoms with E-state index >= 15 is 0 Å². The van der Waals surface area contributed by atoms with Crippen LogP contribution in [0.1, 0.15) is 13.8 Å². The fourth-order valence-electron chi connectivity index (χ4n) is 2.77. The summed E-state index contributed by atoms with van der Waals surface area (Å²) in [6.45, 7) is 3.45. The van der Waals surface area contributed by atoms with Gasteiger partial charge in [-0.2, -0.15) is 9.71 Å². The molecule has 3 aromatic rings. The van der Waals surface area contributed by atoms with Gasteiger partial charge in [0.15, 0.2) is 5.76 Å². The highest BCUT2D eigenvalue weighted by Crippen LogP contribution is 2.32. The van der Waals surface area contributed by atoms with Crippen molar-refractivity contribution in [2.45, 2.75) is 24.9 Å². The molecule has 2 aromatic carbocycles. The predicted molar refractivity (Wildman–Crippen MR) is 108 cm³/mol. The molecule has 0 aliphatic heterocycles. The second kappa shape index (κ2) is 8.59. The lowest BCUT2D eigenvalue weighted by atomic mass is 10.1. The Morgan fingerprint density at radius 3 is 2.07 bits per heavy atom. The number of carbonyl (C=O) groups is 1.